The van der Waals surface area contributed by atoms with E-state index < -0.39 is 0 Å². The van der Waals surface area contributed by atoms with Crippen LogP contribution in [0.5, 0.6) is 5.75 Å². The summed E-state index contributed by atoms with van der Waals surface area (Å²) >= 11 is 0. The number of hydrogen-bond acceptors (Lipinski definition) is 2. The summed E-state index contributed by atoms with van der Waals surface area (Å²) in [5.41, 5.74) is 1.39. The molecule has 2 nitrogen and oxygen atoms in total. The third kappa shape index (κ3) is 6.26. The molecular weight excluding hydrogens is 260 g/mol. The lowest BCUT2D eigenvalue weighted by Gasteiger charge is -2.04. The summed E-state index contributed by atoms with van der Waals surface area (Å²) in [7, 11) is 0. The number of hydrogen-bond donors (Lipinski definition) is 0. The smallest absolute Gasteiger partial charge is 0.311 e. The van der Waals surface area contributed by atoms with E-state index >= 15 is 0 Å². The van der Waals surface area contributed by atoms with E-state index in [0.717, 1.165) is 25.7 Å². The van der Waals surface area contributed by atoms with Gasteiger partial charge in [0.1, 0.15) is 5.75 Å². The fourth-order valence-corrected chi connectivity index (χ4v) is 2.27. The molecule has 2 aromatic rings. The zero-order valence-corrected chi connectivity index (χ0v) is 12.3. The molecule has 0 aliphatic carbocycles. The number of para-hydroxylation sites is 1. The highest BCUT2D eigenvalue weighted by molar-refractivity contribution is 5.72. The first-order chi connectivity index (χ1) is 10.3. The minimum atomic E-state index is -0.135. The lowest BCUT2D eigenvalue weighted by Crippen LogP contribution is -2.07. The molecule has 0 amide bonds. The standard InChI is InChI=1S/C19H22O2/c20-19(21-18-14-8-4-9-15-18)16-10-2-1-5-11-17-12-6-3-7-13-17/h3-4,6-9,12-15H,1-2,5,10-11,16H2. The first kappa shape index (κ1) is 15.3. The van der Waals surface area contributed by atoms with Crippen molar-refractivity contribution in [3.63, 3.8) is 0 Å². The maximum atomic E-state index is 11.6. The number of rotatable bonds is 8. The third-order valence-electron chi connectivity index (χ3n) is 3.41. The molecule has 0 bridgehead atoms. The molecule has 0 aromatic heterocycles. The largest absolute Gasteiger partial charge is 0.427 e. The Labute approximate surface area is 126 Å². The summed E-state index contributed by atoms with van der Waals surface area (Å²) in [6.45, 7) is 0. The molecule has 0 heterocycles. The third-order valence-corrected chi connectivity index (χ3v) is 3.41. The van der Waals surface area contributed by atoms with E-state index in [4.69, 9.17) is 4.74 Å². The normalized spacial score (nSPS) is 10.3. The van der Waals surface area contributed by atoms with E-state index in [1.807, 2.05) is 24.3 Å². The van der Waals surface area contributed by atoms with Gasteiger partial charge in [0, 0.05) is 6.42 Å². The van der Waals surface area contributed by atoms with Gasteiger partial charge in [0.05, 0.1) is 0 Å². The van der Waals surface area contributed by atoms with Crippen LogP contribution in [0.25, 0.3) is 0 Å². The van der Waals surface area contributed by atoms with Crippen molar-refractivity contribution in [2.45, 2.75) is 38.5 Å². The fourth-order valence-electron chi connectivity index (χ4n) is 2.27. The second kappa shape index (κ2) is 8.96. The number of esters is 1. The van der Waals surface area contributed by atoms with Gasteiger partial charge in [-0.3, -0.25) is 4.79 Å². The van der Waals surface area contributed by atoms with Gasteiger partial charge < -0.3 is 4.74 Å². The molecule has 21 heavy (non-hydrogen) atoms. The van der Waals surface area contributed by atoms with Gasteiger partial charge in [-0.15, -0.1) is 0 Å². The van der Waals surface area contributed by atoms with Crippen molar-refractivity contribution in [3.05, 3.63) is 66.2 Å². The van der Waals surface area contributed by atoms with Crippen LogP contribution in [0.2, 0.25) is 0 Å². The van der Waals surface area contributed by atoms with Crippen molar-refractivity contribution in [1.82, 2.24) is 0 Å². The Balaban J connectivity index is 1.52. The van der Waals surface area contributed by atoms with Crippen LogP contribution >= 0.6 is 0 Å². The monoisotopic (exact) mass is 282 g/mol. The van der Waals surface area contributed by atoms with Gasteiger partial charge in [-0.25, -0.2) is 0 Å². The van der Waals surface area contributed by atoms with Crippen molar-refractivity contribution in [1.29, 1.82) is 0 Å². The first-order valence-corrected chi connectivity index (χ1v) is 7.64. The van der Waals surface area contributed by atoms with Gasteiger partial charge in [0.15, 0.2) is 0 Å². The fraction of sp³-hybridized carbons (Fsp3) is 0.316. The van der Waals surface area contributed by atoms with Crippen LogP contribution in [0.3, 0.4) is 0 Å². The highest BCUT2D eigenvalue weighted by Crippen LogP contribution is 2.12. The van der Waals surface area contributed by atoms with Crippen LogP contribution in [0, 0.1) is 0 Å². The van der Waals surface area contributed by atoms with Gasteiger partial charge >= 0.3 is 5.97 Å². The van der Waals surface area contributed by atoms with Crippen molar-refractivity contribution >= 4 is 5.97 Å². The van der Waals surface area contributed by atoms with E-state index in [0.29, 0.717) is 12.2 Å². The van der Waals surface area contributed by atoms with Gasteiger partial charge in [0.25, 0.3) is 0 Å². The summed E-state index contributed by atoms with van der Waals surface area (Å²) in [4.78, 5) is 11.6. The second-order valence-corrected chi connectivity index (χ2v) is 5.19. The van der Waals surface area contributed by atoms with Crippen molar-refractivity contribution in [2.24, 2.45) is 0 Å². The molecule has 110 valence electrons. The Kier molecular flexibility index (Phi) is 6.53. The summed E-state index contributed by atoms with van der Waals surface area (Å²) < 4.78 is 5.25. The predicted octanol–water partition coefficient (Wildman–Crippen LogP) is 4.79. The average molecular weight is 282 g/mol. The Morgan fingerprint density at radius 2 is 1.38 bits per heavy atom. The molecular formula is C19H22O2. The number of unbranched alkanes of at least 4 members (excludes halogenated alkanes) is 3. The van der Waals surface area contributed by atoms with Crippen LogP contribution in [0.1, 0.15) is 37.7 Å². The maximum Gasteiger partial charge on any atom is 0.311 e. The van der Waals surface area contributed by atoms with E-state index in [1.54, 1.807) is 12.1 Å². The quantitative estimate of drug-likeness (QED) is 0.395. The SMILES string of the molecule is O=C(CCCCCCc1ccccc1)Oc1ccccc1. The van der Waals surface area contributed by atoms with E-state index in [-0.39, 0.29) is 5.97 Å². The average Bonchev–Trinajstić information content (AvgIpc) is 2.53. The van der Waals surface area contributed by atoms with Crippen LogP contribution in [0.4, 0.5) is 0 Å². The number of carbonyl (C=O) groups excluding carboxylic acids is 1. The summed E-state index contributed by atoms with van der Waals surface area (Å²) in [5.74, 6) is 0.496. The summed E-state index contributed by atoms with van der Waals surface area (Å²) in [6, 6.07) is 19.8. The second-order valence-electron chi connectivity index (χ2n) is 5.19. The zero-order valence-electron chi connectivity index (χ0n) is 12.3. The summed E-state index contributed by atoms with van der Waals surface area (Å²) in [6.07, 6.45) is 5.94. The lowest BCUT2D eigenvalue weighted by atomic mass is 10.1. The zero-order chi connectivity index (χ0) is 14.8. The van der Waals surface area contributed by atoms with Gasteiger partial charge in [-0.2, -0.15) is 0 Å². The minimum Gasteiger partial charge on any atom is -0.427 e. The molecule has 2 rings (SSSR count). The molecule has 0 N–H and O–H groups in total. The first-order valence-electron chi connectivity index (χ1n) is 7.64. The molecule has 0 unspecified atom stereocenters. The Morgan fingerprint density at radius 1 is 0.762 bits per heavy atom. The number of ether oxygens (including phenoxy) is 1. The molecule has 2 aromatic carbocycles. The number of carbonyl (C=O) groups is 1. The van der Waals surface area contributed by atoms with E-state index in [2.05, 4.69) is 24.3 Å². The molecule has 0 aliphatic rings. The van der Waals surface area contributed by atoms with Crippen molar-refractivity contribution < 1.29 is 9.53 Å². The van der Waals surface area contributed by atoms with E-state index in [1.165, 1.54) is 12.0 Å². The molecule has 0 aliphatic heterocycles. The van der Waals surface area contributed by atoms with Crippen molar-refractivity contribution in [2.75, 3.05) is 0 Å². The van der Waals surface area contributed by atoms with Gasteiger partial charge in [-0.1, -0.05) is 61.4 Å². The number of benzene rings is 2. The van der Waals surface area contributed by atoms with Crippen LogP contribution in [0.15, 0.2) is 60.7 Å². The molecule has 0 saturated heterocycles. The maximum absolute atomic E-state index is 11.6. The summed E-state index contributed by atoms with van der Waals surface area (Å²) in [5, 5.41) is 0. The number of aryl methyl sites for hydroxylation is 1. The Hall–Kier alpha value is -2.09. The Bertz CT molecular complexity index is 520. The molecule has 0 fully saturated rings. The Morgan fingerprint density at radius 3 is 2.10 bits per heavy atom. The van der Waals surface area contributed by atoms with Gasteiger partial charge in [0.2, 0.25) is 0 Å². The topological polar surface area (TPSA) is 26.3 Å². The van der Waals surface area contributed by atoms with Crippen LogP contribution in [-0.2, 0) is 11.2 Å². The molecule has 0 radical (unpaired) electrons. The van der Waals surface area contributed by atoms with Gasteiger partial charge in [-0.05, 0) is 37.0 Å². The minimum absolute atomic E-state index is 0.135. The predicted molar refractivity (Wildman–Crippen MR) is 85.3 cm³/mol. The van der Waals surface area contributed by atoms with Crippen molar-refractivity contribution in [3.8, 4) is 5.75 Å². The molecule has 2 heteroatoms. The lowest BCUT2D eigenvalue weighted by molar-refractivity contribution is -0.134. The molecule has 0 saturated carbocycles. The highest BCUT2D eigenvalue weighted by Gasteiger charge is 2.03. The molecule has 0 atom stereocenters. The van der Waals surface area contributed by atoms with Crippen LogP contribution < -0.4 is 4.74 Å². The molecule has 0 spiro atoms. The van der Waals surface area contributed by atoms with Crippen LogP contribution in [-0.4, -0.2) is 5.97 Å². The van der Waals surface area contributed by atoms with E-state index in [9.17, 15) is 4.79 Å². The highest BCUT2D eigenvalue weighted by atomic mass is 16.5.